The Morgan fingerprint density at radius 2 is 2.17 bits per heavy atom. The molecular weight excluding hydrogens is 154 g/mol. The maximum atomic E-state index is 10.4. The number of aryl methyl sites for hydroxylation is 1. The zero-order chi connectivity index (χ0) is 9.14. The van der Waals surface area contributed by atoms with Gasteiger partial charge in [-0.05, 0) is 6.92 Å². The van der Waals surface area contributed by atoms with E-state index < -0.39 is 0 Å². The predicted molar refractivity (Wildman–Crippen MR) is 46.5 cm³/mol. The van der Waals surface area contributed by atoms with E-state index in [2.05, 4.69) is 9.97 Å². The molecule has 0 fully saturated rings. The van der Waals surface area contributed by atoms with Gasteiger partial charge in [0.2, 0.25) is 5.95 Å². The van der Waals surface area contributed by atoms with Crippen LogP contribution in [0.1, 0.15) is 16.1 Å². The average molecular weight is 165 g/mol. The molecule has 0 aromatic carbocycles. The van der Waals surface area contributed by atoms with Gasteiger partial charge < -0.3 is 4.90 Å². The molecule has 12 heavy (non-hydrogen) atoms. The van der Waals surface area contributed by atoms with E-state index in [1.165, 1.54) is 6.20 Å². The minimum atomic E-state index is 0.542. The van der Waals surface area contributed by atoms with Crippen molar-refractivity contribution >= 4 is 12.2 Å². The van der Waals surface area contributed by atoms with Crippen molar-refractivity contribution in [1.82, 2.24) is 9.97 Å². The van der Waals surface area contributed by atoms with Crippen LogP contribution in [0.4, 0.5) is 5.95 Å². The summed E-state index contributed by atoms with van der Waals surface area (Å²) in [6, 6.07) is 0. The normalized spacial score (nSPS) is 9.58. The van der Waals surface area contributed by atoms with E-state index in [4.69, 9.17) is 0 Å². The van der Waals surface area contributed by atoms with E-state index in [1.807, 2.05) is 14.1 Å². The highest BCUT2D eigenvalue weighted by Gasteiger charge is 2.02. The van der Waals surface area contributed by atoms with E-state index in [9.17, 15) is 4.79 Å². The van der Waals surface area contributed by atoms with Crippen LogP contribution in [0.5, 0.6) is 0 Å². The first-order chi connectivity index (χ1) is 5.65. The number of hydrogen-bond donors (Lipinski definition) is 0. The molecule has 1 aromatic rings. The first-order valence-electron chi connectivity index (χ1n) is 3.61. The Labute approximate surface area is 71.3 Å². The predicted octanol–water partition coefficient (Wildman–Crippen LogP) is 0.664. The number of rotatable bonds is 2. The molecule has 0 atom stereocenters. The summed E-state index contributed by atoms with van der Waals surface area (Å²) in [5.74, 6) is 0.623. The van der Waals surface area contributed by atoms with Gasteiger partial charge in [-0.15, -0.1) is 0 Å². The maximum absolute atomic E-state index is 10.4. The fourth-order valence-electron chi connectivity index (χ4n) is 0.795. The summed E-state index contributed by atoms with van der Waals surface area (Å²) in [5.41, 5.74) is 1.25. The van der Waals surface area contributed by atoms with E-state index in [0.29, 0.717) is 17.2 Å². The largest absolute Gasteiger partial charge is 0.347 e. The zero-order valence-corrected chi connectivity index (χ0v) is 7.40. The lowest BCUT2D eigenvalue weighted by Crippen LogP contribution is -2.13. The van der Waals surface area contributed by atoms with Crippen LogP contribution < -0.4 is 4.90 Å². The van der Waals surface area contributed by atoms with Gasteiger partial charge in [0.25, 0.3) is 0 Å². The second-order valence-electron chi connectivity index (χ2n) is 2.72. The van der Waals surface area contributed by atoms with Gasteiger partial charge in [-0.3, -0.25) is 4.79 Å². The van der Waals surface area contributed by atoms with Gasteiger partial charge in [-0.1, -0.05) is 0 Å². The molecule has 0 radical (unpaired) electrons. The van der Waals surface area contributed by atoms with Crippen LogP contribution >= 0.6 is 0 Å². The van der Waals surface area contributed by atoms with Crippen molar-refractivity contribution < 1.29 is 4.79 Å². The molecule has 1 rings (SSSR count). The standard InChI is InChI=1S/C8H11N3O/c1-6-7(5-12)4-9-8(10-6)11(2)3/h4-5H,1-3H3. The van der Waals surface area contributed by atoms with Crippen molar-refractivity contribution in [3.8, 4) is 0 Å². The van der Waals surface area contributed by atoms with Crippen molar-refractivity contribution in [1.29, 1.82) is 0 Å². The van der Waals surface area contributed by atoms with Gasteiger partial charge in [0, 0.05) is 20.3 Å². The number of carbonyl (C=O) groups excluding carboxylic acids is 1. The molecule has 0 bridgehead atoms. The molecular formula is C8H11N3O. The lowest BCUT2D eigenvalue weighted by molar-refractivity contribution is 0.112. The number of carbonyl (C=O) groups is 1. The molecule has 0 unspecified atom stereocenters. The Balaban J connectivity index is 3.10. The second kappa shape index (κ2) is 3.30. The Morgan fingerprint density at radius 1 is 1.50 bits per heavy atom. The molecule has 1 aromatic heterocycles. The fraction of sp³-hybridized carbons (Fsp3) is 0.375. The summed E-state index contributed by atoms with van der Waals surface area (Å²) >= 11 is 0. The van der Waals surface area contributed by atoms with Gasteiger partial charge in [0.15, 0.2) is 6.29 Å². The summed E-state index contributed by atoms with van der Waals surface area (Å²) in [4.78, 5) is 20.3. The highest BCUT2D eigenvalue weighted by molar-refractivity contribution is 5.75. The van der Waals surface area contributed by atoms with Crippen molar-refractivity contribution in [2.24, 2.45) is 0 Å². The zero-order valence-electron chi connectivity index (χ0n) is 7.40. The van der Waals surface area contributed by atoms with Crippen LogP contribution in [0.25, 0.3) is 0 Å². The lowest BCUT2D eigenvalue weighted by Gasteiger charge is -2.10. The lowest BCUT2D eigenvalue weighted by atomic mass is 10.3. The highest BCUT2D eigenvalue weighted by atomic mass is 16.1. The molecule has 1 heterocycles. The summed E-state index contributed by atoms with van der Waals surface area (Å²) in [5, 5.41) is 0. The van der Waals surface area contributed by atoms with Crippen LogP contribution in [-0.4, -0.2) is 30.3 Å². The van der Waals surface area contributed by atoms with Crippen LogP contribution in [-0.2, 0) is 0 Å². The number of anilines is 1. The number of aldehydes is 1. The summed E-state index contributed by atoms with van der Waals surface area (Å²) in [6.45, 7) is 1.79. The minimum Gasteiger partial charge on any atom is -0.347 e. The Kier molecular flexibility index (Phi) is 2.38. The molecule has 0 amide bonds. The molecule has 0 N–H and O–H groups in total. The monoisotopic (exact) mass is 165 g/mol. The SMILES string of the molecule is Cc1nc(N(C)C)ncc1C=O. The molecule has 0 saturated heterocycles. The van der Waals surface area contributed by atoms with E-state index in [0.717, 1.165) is 6.29 Å². The number of nitrogens with zero attached hydrogens (tertiary/aromatic N) is 3. The molecule has 4 nitrogen and oxygen atoms in total. The van der Waals surface area contributed by atoms with Crippen molar-refractivity contribution in [2.45, 2.75) is 6.92 Å². The average Bonchev–Trinajstić information content (AvgIpc) is 2.04. The molecule has 0 aliphatic carbocycles. The van der Waals surface area contributed by atoms with Gasteiger partial charge in [0.05, 0.1) is 11.3 Å². The molecule has 64 valence electrons. The van der Waals surface area contributed by atoms with E-state index in [-0.39, 0.29) is 0 Å². The highest BCUT2D eigenvalue weighted by Crippen LogP contribution is 2.06. The fourth-order valence-corrected chi connectivity index (χ4v) is 0.795. The topological polar surface area (TPSA) is 46.1 Å². The molecule has 0 saturated carbocycles. The van der Waals surface area contributed by atoms with Crippen LogP contribution in [0, 0.1) is 6.92 Å². The third kappa shape index (κ3) is 1.58. The third-order valence-corrected chi connectivity index (χ3v) is 1.53. The van der Waals surface area contributed by atoms with Gasteiger partial charge >= 0.3 is 0 Å². The van der Waals surface area contributed by atoms with Gasteiger partial charge in [-0.25, -0.2) is 9.97 Å². The van der Waals surface area contributed by atoms with Crippen LogP contribution in [0.15, 0.2) is 6.20 Å². The van der Waals surface area contributed by atoms with Crippen molar-refractivity contribution in [3.05, 3.63) is 17.5 Å². The molecule has 0 aliphatic heterocycles. The molecule has 4 heteroatoms. The Bertz CT molecular complexity index is 296. The van der Waals surface area contributed by atoms with E-state index >= 15 is 0 Å². The maximum Gasteiger partial charge on any atom is 0.225 e. The number of hydrogen-bond acceptors (Lipinski definition) is 4. The van der Waals surface area contributed by atoms with Crippen LogP contribution in [0.3, 0.4) is 0 Å². The third-order valence-electron chi connectivity index (χ3n) is 1.53. The number of aromatic nitrogens is 2. The Morgan fingerprint density at radius 3 is 2.58 bits per heavy atom. The van der Waals surface area contributed by atoms with Gasteiger partial charge in [0.1, 0.15) is 0 Å². The van der Waals surface area contributed by atoms with Crippen molar-refractivity contribution in [2.75, 3.05) is 19.0 Å². The quantitative estimate of drug-likeness (QED) is 0.604. The first kappa shape index (κ1) is 8.64. The van der Waals surface area contributed by atoms with Crippen molar-refractivity contribution in [3.63, 3.8) is 0 Å². The Hall–Kier alpha value is -1.45. The summed E-state index contributed by atoms with van der Waals surface area (Å²) in [7, 11) is 3.71. The molecule has 0 aliphatic rings. The minimum absolute atomic E-state index is 0.542. The van der Waals surface area contributed by atoms with Crippen LogP contribution in [0.2, 0.25) is 0 Å². The van der Waals surface area contributed by atoms with Gasteiger partial charge in [-0.2, -0.15) is 0 Å². The smallest absolute Gasteiger partial charge is 0.225 e. The van der Waals surface area contributed by atoms with E-state index in [1.54, 1.807) is 11.8 Å². The summed E-state index contributed by atoms with van der Waals surface area (Å²) < 4.78 is 0. The summed E-state index contributed by atoms with van der Waals surface area (Å²) in [6.07, 6.45) is 2.29. The molecule has 0 spiro atoms. The first-order valence-corrected chi connectivity index (χ1v) is 3.61. The second-order valence-corrected chi connectivity index (χ2v) is 2.72.